The Morgan fingerprint density at radius 2 is 2.00 bits per heavy atom. The summed E-state index contributed by atoms with van der Waals surface area (Å²) in [5.41, 5.74) is 4.95. The molecule has 9 heteroatoms. The van der Waals surface area contributed by atoms with Crippen molar-refractivity contribution in [3.05, 3.63) is 51.0 Å². The molecule has 0 unspecified atom stereocenters. The van der Waals surface area contributed by atoms with Crippen LogP contribution in [0.15, 0.2) is 29.2 Å². The lowest BCUT2D eigenvalue weighted by Gasteiger charge is -2.12. The molecule has 21 heavy (non-hydrogen) atoms. The predicted molar refractivity (Wildman–Crippen MR) is 77.3 cm³/mol. The molecule has 0 spiro atoms. The first-order valence-electron chi connectivity index (χ1n) is 5.64. The van der Waals surface area contributed by atoms with E-state index >= 15 is 0 Å². The zero-order chi connectivity index (χ0) is 15.1. The molecule has 106 valence electrons. The van der Waals surface area contributed by atoms with E-state index in [4.69, 9.17) is 28.9 Å². The highest BCUT2D eigenvalue weighted by molar-refractivity contribution is 6.32. The normalized spacial score (nSPS) is 11.0. The van der Waals surface area contributed by atoms with Crippen LogP contribution in [0.25, 0.3) is 16.7 Å². The second-order valence-electron chi connectivity index (χ2n) is 4.06. The number of halogens is 3. The molecular weight excluding hydrogens is 320 g/mol. The molecule has 0 aliphatic carbocycles. The number of benzene rings is 1. The van der Waals surface area contributed by atoms with Crippen LogP contribution >= 0.6 is 23.2 Å². The largest absolute Gasteiger partial charge is 0.384 e. The number of hydrogen-bond acceptors (Lipinski definition) is 5. The van der Waals surface area contributed by atoms with Gasteiger partial charge in [-0.3, -0.25) is 0 Å². The van der Waals surface area contributed by atoms with Gasteiger partial charge in [-0.05, 0) is 23.7 Å². The fourth-order valence-corrected chi connectivity index (χ4v) is 2.28. The maximum Gasteiger partial charge on any atom is 0.355 e. The minimum absolute atomic E-state index is 0.0276. The van der Waals surface area contributed by atoms with E-state index in [0.717, 1.165) is 10.6 Å². The van der Waals surface area contributed by atoms with Crippen molar-refractivity contribution in [1.82, 2.24) is 19.5 Å². The molecule has 0 fully saturated rings. The van der Waals surface area contributed by atoms with Crippen LogP contribution in [-0.2, 0) is 0 Å². The maximum atomic E-state index is 14.0. The van der Waals surface area contributed by atoms with Gasteiger partial charge in [0.1, 0.15) is 17.3 Å². The van der Waals surface area contributed by atoms with Gasteiger partial charge in [0.15, 0.2) is 5.65 Å². The number of fused-ring (bicyclic) bond motifs is 1. The third-order valence-corrected chi connectivity index (χ3v) is 3.30. The number of anilines is 1. The molecule has 0 radical (unpaired) electrons. The second kappa shape index (κ2) is 4.94. The smallest absolute Gasteiger partial charge is 0.355 e. The monoisotopic (exact) mass is 325 g/mol. The molecule has 6 nitrogen and oxygen atoms in total. The van der Waals surface area contributed by atoms with Crippen LogP contribution in [0.2, 0.25) is 10.3 Å². The fourth-order valence-electron chi connectivity index (χ4n) is 1.90. The van der Waals surface area contributed by atoms with Crippen molar-refractivity contribution in [1.29, 1.82) is 0 Å². The molecule has 0 bridgehead atoms. The molecule has 2 N–H and O–H groups in total. The highest BCUT2D eigenvalue weighted by atomic mass is 35.5. The highest BCUT2D eigenvalue weighted by Gasteiger charge is 2.17. The lowest BCUT2D eigenvalue weighted by molar-refractivity contribution is 0.616. The first kappa shape index (κ1) is 13.7. The molecule has 0 aliphatic heterocycles. The summed E-state index contributed by atoms with van der Waals surface area (Å²) in [7, 11) is 0. The minimum atomic E-state index is -0.818. The van der Waals surface area contributed by atoms with Gasteiger partial charge in [0.05, 0.1) is 10.4 Å². The number of nitrogens with zero attached hydrogens (tertiary/aromatic N) is 4. The Bertz CT molecular complexity index is 907. The van der Waals surface area contributed by atoms with Crippen LogP contribution in [0.5, 0.6) is 0 Å². The Morgan fingerprint density at radius 3 is 2.71 bits per heavy atom. The number of aromatic nitrogens is 4. The van der Waals surface area contributed by atoms with Crippen molar-refractivity contribution in [2.24, 2.45) is 0 Å². The van der Waals surface area contributed by atoms with Gasteiger partial charge in [-0.25, -0.2) is 18.7 Å². The van der Waals surface area contributed by atoms with Gasteiger partial charge < -0.3 is 5.73 Å². The zero-order valence-corrected chi connectivity index (χ0v) is 11.7. The van der Waals surface area contributed by atoms with Crippen molar-refractivity contribution in [2.75, 3.05) is 5.73 Å². The van der Waals surface area contributed by atoms with Crippen molar-refractivity contribution < 1.29 is 4.39 Å². The van der Waals surface area contributed by atoms with E-state index < -0.39 is 11.5 Å². The standard InChI is InChI=1S/C12H6Cl2FN5O/c13-6-2-1-3-7(15)8(6)20-9(16)5-4-17-11(14)18-10(5)19-12(20)21/h1-4H,16H2. The Kier molecular flexibility index (Phi) is 3.23. The number of para-hydroxylation sites is 1. The summed E-state index contributed by atoms with van der Waals surface area (Å²) in [6.07, 6.45) is 1.30. The highest BCUT2D eigenvalue weighted by Crippen LogP contribution is 2.26. The summed E-state index contributed by atoms with van der Waals surface area (Å²) in [5.74, 6) is -0.777. The van der Waals surface area contributed by atoms with E-state index in [9.17, 15) is 9.18 Å². The molecule has 1 aromatic carbocycles. The lowest BCUT2D eigenvalue weighted by atomic mass is 10.3. The number of nitrogen functional groups attached to an aromatic ring is 1. The minimum Gasteiger partial charge on any atom is -0.384 e. The van der Waals surface area contributed by atoms with Gasteiger partial charge in [-0.15, -0.1) is 0 Å². The average Bonchev–Trinajstić information content (AvgIpc) is 2.41. The Balaban J connectivity index is 2.44. The van der Waals surface area contributed by atoms with Gasteiger partial charge in [0, 0.05) is 6.20 Å². The van der Waals surface area contributed by atoms with Crippen LogP contribution in [0.3, 0.4) is 0 Å². The Morgan fingerprint density at radius 1 is 1.24 bits per heavy atom. The lowest BCUT2D eigenvalue weighted by Crippen LogP contribution is -2.25. The molecule has 2 heterocycles. The first-order valence-corrected chi connectivity index (χ1v) is 6.40. The van der Waals surface area contributed by atoms with Crippen LogP contribution in [0.4, 0.5) is 10.2 Å². The number of hydrogen-bond donors (Lipinski definition) is 1. The first-order chi connectivity index (χ1) is 9.99. The van der Waals surface area contributed by atoms with Gasteiger partial charge in [-0.1, -0.05) is 17.7 Å². The summed E-state index contributed by atoms with van der Waals surface area (Å²) in [5, 5.41) is 0.216. The Labute approximate surface area is 127 Å². The van der Waals surface area contributed by atoms with E-state index in [0.29, 0.717) is 0 Å². The van der Waals surface area contributed by atoms with Crippen LogP contribution < -0.4 is 11.4 Å². The summed E-state index contributed by atoms with van der Waals surface area (Å²) in [4.78, 5) is 23.4. The van der Waals surface area contributed by atoms with E-state index in [2.05, 4.69) is 15.0 Å². The topological polar surface area (TPSA) is 86.7 Å². The predicted octanol–water partition coefficient (Wildman–Crippen LogP) is 2.20. The van der Waals surface area contributed by atoms with Crippen LogP contribution in [-0.4, -0.2) is 19.5 Å². The summed E-state index contributed by atoms with van der Waals surface area (Å²) in [6.45, 7) is 0. The number of nitrogens with two attached hydrogens (primary N) is 1. The van der Waals surface area contributed by atoms with Gasteiger partial charge in [0.2, 0.25) is 5.28 Å². The molecule has 0 aliphatic rings. The van der Waals surface area contributed by atoms with E-state index in [1.165, 1.54) is 18.3 Å². The van der Waals surface area contributed by atoms with Crippen molar-refractivity contribution >= 4 is 40.1 Å². The van der Waals surface area contributed by atoms with E-state index in [1.54, 1.807) is 0 Å². The van der Waals surface area contributed by atoms with Gasteiger partial charge >= 0.3 is 5.69 Å². The molecule has 0 saturated heterocycles. The average molecular weight is 326 g/mol. The Hall–Kier alpha value is -2.25. The number of rotatable bonds is 1. The molecule has 0 saturated carbocycles. The third-order valence-electron chi connectivity index (χ3n) is 2.81. The summed E-state index contributed by atoms with van der Waals surface area (Å²) < 4.78 is 14.9. The van der Waals surface area contributed by atoms with Gasteiger partial charge in [0.25, 0.3) is 0 Å². The molecule has 0 amide bonds. The SMILES string of the molecule is Nc1c2cnc(Cl)nc2nc(=O)n1-c1c(F)cccc1Cl. The van der Waals surface area contributed by atoms with Crippen molar-refractivity contribution in [2.45, 2.75) is 0 Å². The quantitative estimate of drug-likeness (QED) is 0.693. The summed E-state index contributed by atoms with van der Waals surface area (Å²) in [6, 6.07) is 4.02. The molecule has 2 aromatic heterocycles. The maximum absolute atomic E-state index is 14.0. The second-order valence-corrected chi connectivity index (χ2v) is 4.81. The van der Waals surface area contributed by atoms with E-state index in [-0.39, 0.29) is 32.8 Å². The van der Waals surface area contributed by atoms with E-state index in [1.807, 2.05) is 0 Å². The molecular formula is C12H6Cl2FN5O. The van der Waals surface area contributed by atoms with Crippen LogP contribution in [0.1, 0.15) is 0 Å². The zero-order valence-electron chi connectivity index (χ0n) is 10.2. The molecule has 0 atom stereocenters. The van der Waals surface area contributed by atoms with Crippen LogP contribution in [0, 0.1) is 5.82 Å². The van der Waals surface area contributed by atoms with Crippen molar-refractivity contribution in [3.8, 4) is 5.69 Å². The third kappa shape index (κ3) is 2.20. The molecule has 3 aromatic rings. The fraction of sp³-hybridized carbons (Fsp3) is 0. The molecule has 3 rings (SSSR count). The van der Waals surface area contributed by atoms with Gasteiger partial charge in [-0.2, -0.15) is 9.97 Å². The van der Waals surface area contributed by atoms with Crippen molar-refractivity contribution in [3.63, 3.8) is 0 Å². The summed E-state index contributed by atoms with van der Waals surface area (Å²) >= 11 is 11.6.